The highest BCUT2D eigenvalue weighted by atomic mass is 16.5. The predicted molar refractivity (Wildman–Crippen MR) is 108 cm³/mol. The number of hydrogen-bond acceptors (Lipinski definition) is 5. The molecule has 0 aliphatic carbocycles. The summed E-state index contributed by atoms with van der Waals surface area (Å²) in [5.41, 5.74) is 2.35. The molecule has 0 saturated heterocycles. The van der Waals surface area contributed by atoms with Crippen LogP contribution in [0.3, 0.4) is 0 Å². The Morgan fingerprint density at radius 1 is 0.857 bits per heavy atom. The largest absolute Gasteiger partial charge is 0.493 e. The Labute approximate surface area is 161 Å². The zero-order valence-electron chi connectivity index (χ0n) is 15.5. The molecule has 1 aromatic heterocycles. The summed E-state index contributed by atoms with van der Waals surface area (Å²) in [4.78, 5) is 12.2. The Morgan fingerprint density at radius 2 is 1.64 bits per heavy atom. The minimum Gasteiger partial charge on any atom is -0.493 e. The number of fused-ring (bicyclic) bond motifs is 3. The Kier molecular flexibility index (Phi) is 4.72. The lowest BCUT2D eigenvalue weighted by molar-refractivity contribution is -0.128. The molecule has 0 radical (unpaired) electrons. The average Bonchev–Trinajstić information content (AvgIpc) is 3.10. The molecule has 4 aromatic rings. The molecule has 0 amide bonds. The van der Waals surface area contributed by atoms with Crippen LogP contribution < -0.4 is 14.2 Å². The van der Waals surface area contributed by atoms with Gasteiger partial charge in [0.2, 0.25) is 0 Å². The third-order valence-corrected chi connectivity index (χ3v) is 4.39. The van der Waals surface area contributed by atoms with E-state index in [1.165, 1.54) is 6.08 Å². The van der Waals surface area contributed by atoms with Crippen LogP contribution in [-0.4, -0.2) is 20.2 Å². The lowest BCUT2D eigenvalue weighted by Gasteiger charge is -2.07. The van der Waals surface area contributed by atoms with E-state index in [4.69, 9.17) is 18.6 Å². The van der Waals surface area contributed by atoms with Gasteiger partial charge in [0.1, 0.15) is 16.9 Å². The predicted octanol–water partition coefficient (Wildman–Crippen LogP) is 5.22. The summed E-state index contributed by atoms with van der Waals surface area (Å²) in [6, 6.07) is 18.5. The number of ether oxygens (including phenoxy) is 3. The van der Waals surface area contributed by atoms with Crippen molar-refractivity contribution >= 4 is 34.0 Å². The second-order valence-electron chi connectivity index (χ2n) is 6.13. The smallest absolute Gasteiger partial charge is 0.336 e. The molecule has 0 aliphatic heterocycles. The topological polar surface area (TPSA) is 57.9 Å². The highest BCUT2D eigenvalue weighted by Crippen LogP contribution is 2.31. The van der Waals surface area contributed by atoms with Crippen molar-refractivity contribution < 1.29 is 23.4 Å². The third kappa shape index (κ3) is 3.42. The van der Waals surface area contributed by atoms with E-state index in [0.29, 0.717) is 17.2 Å². The minimum absolute atomic E-state index is 0.459. The first-order chi connectivity index (χ1) is 13.7. The van der Waals surface area contributed by atoms with E-state index in [1.807, 2.05) is 36.4 Å². The van der Waals surface area contributed by atoms with Crippen molar-refractivity contribution in [3.8, 4) is 17.2 Å². The van der Waals surface area contributed by atoms with Gasteiger partial charge in [0.25, 0.3) is 0 Å². The number of para-hydroxylation sites is 1. The van der Waals surface area contributed by atoms with Gasteiger partial charge in [-0.05, 0) is 48.0 Å². The van der Waals surface area contributed by atoms with Gasteiger partial charge in [-0.25, -0.2) is 4.79 Å². The number of furan rings is 1. The first-order valence-corrected chi connectivity index (χ1v) is 8.71. The van der Waals surface area contributed by atoms with E-state index in [2.05, 4.69) is 0 Å². The number of carbonyl (C=O) groups is 1. The van der Waals surface area contributed by atoms with Gasteiger partial charge < -0.3 is 18.6 Å². The fraction of sp³-hybridized carbons (Fsp3) is 0.0870. The maximum Gasteiger partial charge on any atom is 0.336 e. The van der Waals surface area contributed by atoms with Crippen molar-refractivity contribution in [3.05, 3.63) is 72.3 Å². The van der Waals surface area contributed by atoms with Crippen LogP contribution in [0.4, 0.5) is 0 Å². The van der Waals surface area contributed by atoms with Crippen LogP contribution in [0.15, 0.2) is 71.2 Å². The average molecular weight is 374 g/mol. The normalized spacial score (nSPS) is 11.2. The zero-order valence-corrected chi connectivity index (χ0v) is 15.5. The van der Waals surface area contributed by atoms with Gasteiger partial charge in [0.15, 0.2) is 11.5 Å². The van der Waals surface area contributed by atoms with Crippen LogP contribution in [0.1, 0.15) is 5.56 Å². The molecule has 4 rings (SSSR count). The second-order valence-corrected chi connectivity index (χ2v) is 6.13. The van der Waals surface area contributed by atoms with Crippen molar-refractivity contribution in [2.45, 2.75) is 0 Å². The van der Waals surface area contributed by atoms with Gasteiger partial charge in [-0.3, -0.25) is 0 Å². The lowest BCUT2D eigenvalue weighted by atomic mass is 10.1. The van der Waals surface area contributed by atoms with Crippen molar-refractivity contribution in [2.24, 2.45) is 0 Å². The van der Waals surface area contributed by atoms with Crippen molar-refractivity contribution in [2.75, 3.05) is 14.2 Å². The Morgan fingerprint density at radius 3 is 2.46 bits per heavy atom. The highest BCUT2D eigenvalue weighted by molar-refractivity contribution is 6.05. The molecule has 0 spiro atoms. The summed E-state index contributed by atoms with van der Waals surface area (Å²) in [7, 11) is 3.14. The van der Waals surface area contributed by atoms with Crippen LogP contribution in [0.2, 0.25) is 0 Å². The number of benzene rings is 3. The molecule has 0 N–H and O–H groups in total. The second kappa shape index (κ2) is 7.48. The molecular weight excluding hydrogens is 356 g/mol. The van der Waals surface area contributed by atoms with Crippen LogP contribution in [0, 0.1) is 0 Å². The summed E-state index contributed by atoms with van der Waals surface area (Å²) in [5.74, 6) is 1.21. The SMILES string of the molecule is COc1ccc(/C=C/C(=O)Oc2ccc3oc4ccccc4c3c2)cc1OC. The molecule has 5 nitrogen and oxygen atoms in total. The molecule has 3 aromatic carbocycles. The fourth-order valence-corrected chi connectivity index (χ4v) is 3.04. The minimum atomic E-state index is -0.470. The molecule has 0 aliphatic rings. The molecule has 140 valence electrons. The summed E-state index contributed by atoms with van der Waals surface area (Å²) >= 11 is 0. The number of rotatable bonds is 5. The molecule has 1 heterocycles. The summed E-state index contributed by atoms with van der Waals surface area (Å²) in [6.45, 7) is 0. The molecule has 0 bridgehead atoms. The van der Waals surface area contributed by atoms with Gasteiger partial charge in [-0.1, -0.05) is 24.3 Å². The molecule has 28 heavy (non-hydrogen) atoms. The van der Waals surface area contributed by atoms with Crippen LogP contribution in [0.5, 0.6) is 17.2 Å². The van der Waals surface area contributed by atoms with Gasteiger partial charge in [-0.15, -0.1) is 0 Å². The Bertz CT molecular complexity index is 1190. The number of carbonyl (C=O) groups excluding carboxylic acids is 1. The van der Waals surface area contributed by atoms with E-state index < -0.39 is 5.97 Å². The molecule has 0 unspecified atom stereocenters. The van der Waals surface area contributed by atoms with Gasteiger partial charge in [0, 0.05) is 16.8 Å². The number of esters is 1. The maximum atomic E-state index is 12.2. The molecule has 0 saturated carbocycles. The summed E-state index contributed by atoms with van der Waals surface area (Å²) in [5, 5.41) is 1.89. The monoisotopic (exact) mass is 374 g/mol. The summed E-state index contributed by atoms with van der Waals surface area (Å²) < 4.78 is 21.7. The number of hydrogen-bond donors (Lipinski definition) is 0. The highest BCUT2D eigenvalue weighted by Gasteiger charge is 2.09. The van der Waals surface area contributed by atoms with E-state index in [1.54, 1.807) is 44.6 Å². The zero-order chi connectivity index (χ0) is 19.5. The van der Waals surface area contributed by atoms with Gasteiger partial charge in [-0.2, -0.15) is 0 Å². The van der Waals surface area contributed by atoms with E-state index in [9.17, 15) is 4.79 Å². The molecule has 0 fully saturated rings. The van der Waals surface area contributed by atoms with Gasteiger partial charge >= 0.3 is 5.97 Å². The summed E-state index contributed by atoms with van der Waals surface area (Å²) in [6.07, 6.45) is 3.04. The third-order valence-electron chi connectivity index (χ3n) is 4.39. The Balaban J connectivity index is 1.53. The van der Waals surface area contributed by atoms with Crippen molar-refractivity contribution in [1.29, 1.82) is 0 Å². The van der Waals surface area contributed by atoms with Gasteiger partial charge in [0.05, 0.1) is 14.2 Å². The Hall–Kier alpha value is -3.73. The lowest BCUT2D eigenvalue weighted by Crippen LogP contribution is -2.03. The van der Waals surface area contributed by atoms with Crippen molar-refractivity contribution in [1.82, 2.24) is 0 Å². The van der Waals surface area contributed by atoms with Crippen LogP contribution >= 0.6 is 0 Å². The van der Waals surface area contributed by atoms with Crippen LogP contribution in [0.25, 0.3) is 28.0 Å². The maximum absolute atomic E-state index is 12.2. The quantitative estimate of drug-likeness (QED) is 0.272. The van der Waals surface area contributed by atoms with E-state index in [-0.39, 0.29) is 0 Å². The van der Waals surface area contributed by atoms with E-state index >= 15 is 0 Å². The molecular formula is C23H18O5. The fourth-order valence-electron chi connectivity index (χ4n) is 3.04. The molecule has 5 heteroatoms. The number of methoxy groups -OCH3 is 2. The first-order valence-electron chi connectivity index (χ1n) is 8.71. The van der Waals surface area contributed by atoms with Crippen molar-refractivity contribution in [3.63, 3.8) is 0 Å². The molecule has 0 atom stereocenters. The van der Waals surface area contributed by atoms with E-state index in [0.717, 1.165) is 27.5 Å². The standard InChI is InChI=1S/C23H18O5/c1-25-21-10-7-15(13-22(21)26-2)8-12-23(24)27-16-9-11-20-18(14-16)17-5-3-4-6-19(17)28-20/h3-14H,1-2H3/b12-8+. The first kappa shape index (κ1) is 17.7. The van der Waals surface area contributed by atoms with Crippen LogP contribution in [-0.2, 0) is 4.79 Å².